The van der Waals surface area contributed by atoms with Crippen molar-refractivity contribution < 1.29 is 18.0 Å². The Kier molecular flexibility index (Phi) is 5.96. The molecule has 0 atom stereocenters. The molecule has 0 bridgehead atoms. The fourth-order valence-corrected chi connectivity index (χ4v) is 1.63. The van der Waals surface area contributed by atoms with Crippen LogP contribution in [-0.2, 0) is 11.3 Å². The minimum atomic E-state index is -4.24. The molecule has 1 aromatic rings. The van der Waals surface area contributed by atoms with Crippen molar-refractivity contribution in [1.82, 2.24) is 20.1 Å². The van der Waals surface area contributed by atoms with Crippen molar-refractivity contribution in [2.24, 2.45) is 0 Å². The van der Waals surface area contributed by atoms with Crippen molar-refractivity contribution in [1.29, 1.82) is 0 Å². The Bertz CT molecular complexity index is 355. The van der Waals surface area contributed by atoms with E-state index in [9.17, 15) is 18.0 Å². The summed E-state index contributed by atoms with van der Waals surface area (Å²) in [5, 5.41) is 6.29. The molecule has 0 radical (unpaired) electrons. The largest absolute Gasteiger partial charge is 0.441 e. The number of hydrogen-bond acceptors (Lipinski definition) is 4. The first kappa shape index (κ1) is 14.8. The van der Waals surface area contributed by atoms with E-state index in [1.807, 2.05) is 0 Å². The quantitative estimate of drug-likeness (QED) is 0.769. The number of aromatic nitrogens is 3. The topological polar surface area (TPSA) is 59.8 Å². The van der Waals surface area contributed by atoms with E-state index < -0.39 is 5.51 Å². The number of thioether (sulfide) groups is 1. The second-order valence-electron chi connectivity index (χ2n) is 3.41. The molecule has 9 heteroatoms. The minimum absolute atomic E-state index is 0.0202. The molecule has 1 N–H and O–H groups in total. The number of amides is 1. The summed E-state index contributed by atoms with van der Waals surface area (Å²) in [4.78, 5) is 15.0. The fraction of sp³-hybridized carbons (Fsp3) is 0.667. The molecule has 0 aliphatic rings. The van der Waals surface area contributed by atoms with Crippen LogP contribution in [0.1, 0.15) is 12.8 Å². The predicted molar refractivity (Wildman–Crippen MR) is 60.8 cm³/mol. The van der Waals surface area contributed by atoms with Gasteiger partial charge in [0.05, 0.1) is 0 Å². The average Bonchev–Trinajstić information content (AvgIpc) is 2.76. The average molecular weight is 282 g/mol. The normalized spacial score (nSPS) is 11.5. The molecule has 18 heavy (non-hydrogen) atoms. The summed E-state index contributed by atoms with van der Waals surface area (Å²) in [7, 11) is 0. The van der Waals surface area contributed by atoms with Crippen molar-refractivity contribution in [3.05, 3.63) is 12.7 Å². The van der Waals surface area contributed by atoms with Gasteiger partial charge in [-0.2, -0.15) is 18.3 Å². The van der Waals surface area contributed by atoms with Crippen LogP contribution >= 0.6 is 11.8 Å². The highest BCUT2D eigenvalue weighted by Gasteiger charge is 2.27. The number of carbonyl (C=O) groups is 1. The number of halogens is 3. The molecule has 0 aliphatic carbocycles. The Morgan fingerprint density at radius 3 is 2.83 bits per heavy atom. The van der Waals surface area contributed by atoms with E-state index >= 15 is 0 Å². The van der Waals surface area contributed by atoms with E-state index in [0.717, 1.165) is 0 Å². The first-order chi connectivity index (χ1) is 8.47. The highest BCUT2D eigenvalue weighted by molar-refractivity contribution is 8.00. The lowest BCUT2D eigenvalue weighted by Crippen LogP contribution is -2.26. The van der Waals surface area contributed by atoms with Gasteiger partial charge in [0.1, 0.15) is 12.7 Å². The van der Waals surface area contributed by atoms with E-state index in [2.05, 4.69) is 15.4 Å². The number of hydrogen-bond donors (Lipinski definition) is 1. The summed E-state index contributed by atoms with van der Waals surface area (Å²) < 4.78 is 36.9. The second kappa shape index (κ2) is 7.24. The Labute approximate surface area is 106 Å². The SMILES string of the molecule is O=C(CCCn1cncn1)NCCSC(F)(F)F. The summed E-state index contributed by atoms with van der Waals surface area (Å²) in [6.45, 7) is 0.580. The summed E-state index contributed by atoms with van der Waals surface area (Å²) in [5.41, 5.74) is -4.24. The number of nitrogens with zero attached hydrogens (tertiary/aromatic N) is 3. The van der Waals surface area contributed by atoms with Crippen LogP contribution in [0.5, 0.6) is 0 Å². The van der Waals surface area contributed by atoms with Crippen LogP contribution in [0.15, 0.2) is 12.7 Å². The van der Waals surface area contributed by atoms with Gasteiger partial charge in [-0.25, -0.2) is 4.98 Å². The highest BCUT2D eigenvalue weighted by atomic mass is 32.2. The zero-order valence-corrected chi connectivity index (χ0v) is 10.3. The molecule has 1 heterocycles. The van der Waals surface area contributed by atoms with Crippen molar-refractivity contribution >= 4 is 17.7 Å². The zero-order chi connectivity index (χ0) is 13.4. The molecule has 102 valence electrons. The minimum Gasteiger partial charge on any atom is -0.355 e. The molecule has 0 spiro atoms. The molecule has 1 aromatic heterocycles. The first-order valence-corrected chi connectivity index (χ1v) is 6.26. The fourth-order valence-electron chi connectivity index (χ4n) is 1.20. The molecule has 0 saturated carbocycles. The lowest BCUT2D eigenvalue weighted by molar-refractivity contribution is -0.121. The van der Waals surface area contributed by atoms with Crippen molar-refractivity contribution in [3.63, 3.8) is 0 Å². The third-order valence-corrected chi connectivity index (χ3v) is 2.68. The van der Waals surface area contributed by atoms with E-state index in [-0.39, 0.29) is 36.4 Å². The van der Waals surface area contributed by atoms with Gasteiger partial charge in [0, 0.05) is 25.3 Å². The Morgan fingerprint density at radius 2 is 2.22 bits per heavy atom. The van der Waals surface area contributed by atoms with Crippen LogP contribution in [0, 0.1) is 0 Å². The maximum atomic E-state index is 11.8. The highest BCUT2D eigenvalue weighted by Crippen LogP contribution is 2.29. The molecule has 0 fully saturated rings. The van der Waals surface area contributed by atoms with Crippen molar-refractivity contribution in [3.8, 4) is 0 Å². The van der Waals surface area contributed by atoms with Crippen LogP contribution < -0.4 is 5.32 Å². The summed E-state index contributed by atoms with van der Waals surface area (Å²) >= 11 is -0.140. The van der Waals surface area contributed by atoms with Gasteiger partial charge in [-0.15, -0.1) is 0 Å². The van der Waals surface area contributed by atoms with Gasteiger partial charge >= 0.3 is 5.51 Å². The maximum absolute atomic E-state index is 11.8. The van der Waals surface area contributed by atoms with Crippen LogP contribution in [0.2, 0.25) is 0 Å². The number of nitrogens with one attached hydrogen (secondary N) is 1. The Morgan fingerprint density at radius 1 is 1.44 bits per heavy atom. The van der Waals surface area contributed by atoms with E-state index in [1.54, 1.807) is 4.68 Å². The van der Waals surface area contributed by atoms with E-state index in [4.69, 9.17) is 0 Å². The third kappa shape index (κ3) is 7.15. The number of rotatable bonds is 7. The second-order valence-corrected chi connectivity index (χ2v) is 4.57. The van der Waals surface area contributed by atoms with Gasteiger partial charge in [-0.05, 0) is 18.2 Å². The Hall–Kier alpha value is -1.25. The van der Waals surface area contributed by atoms with Gasteiger partial charge < -0.3 is 5.32 Å². The van der Waals surface area contributed by atoms with Gasteiger partial charge in [-0.1, -0.05) is 0 Å². The molecular formula is C9H13F3N4OS. The van der Waals surface area contributed by atoms with Gasteiger partial charge in [0.2, 0.25) is 5.91 Å². The van der Waals surface area contributed by atoms with Crippen LogP contribution in [0.25, 0.3) is 0 Å². The lowest BCUT2D eigenvalue weighted by atomic mass is 10.3. The zero-order valence-electron chi connectivity index (χ0n) is 9.48. The molecular weight excluding hydrogens is 269 g/mol. The maximum Gasteiger partial charge on any atom is 0.441 e. The van der Waals surface area contributed by atoms with Gasteiger partial charge in [0.25, 0.3) is 0 Å². The standard InChI is InChI=1S/C9H13F3N4OS/c10-9(11,12)18-5-3-14-8(17)2-1-4-16-7-13-6-15-16/h6-7H,1-5H2,(H,14,17). The van der Waals surface area contributed by atoms with E-state index in [1.165, 1.54) is 12.7 Å². The third-order valence-electron chi connectivity index (χ3n) is 1.95. The number of aryl methyl sites for hydroxylation is 1. The van der Waals surface area contributed by atoms with E-state index in [0.29, 0.717) is 13.0 Å². The van der Waals surface area contributed by atoms with Gasteiger partial charge in [-0.3, -0.25) is 9.48 Å². The predicted octanol–water partition coefficient (Wildman–Crippen LogP) is 1.43. The lowest BCUT2D eigenvalue weighted by Gasteiger charge is -2.07. The molecule has 5 nitrogen and oxygen atoms in total. The molecule has 0 aliphatic heterocycles. The molecule has 0 saturated heterocycles. The summed E-state index contributed by atoms with van der Waals surface area (Å²) in [5.74, 6) is -0.420. The smallest absolute Gasteiger partial charge is 0.355 e. The molecule has 1 amide bonds. The molecule has 1 rings (SSSR count). The monoisotopic (exact) mass is 282 g/mol. The first-order valence-electron chi connectivity index (χ1n) is 5.27. The number of carbonyl (C=O) groups excluding carboxylic acids is 1. The molecule has 0 aromatic carbocycles. The van der Waals surface area contributed by atoms with Crippen molar-refractivity contribution in [2.75, 3.05) is 12.3 Å². The Balaban J connectivity index is 2.00. The van der Waals surface area contributed by atoms with Crippen LogP contribution in [0.3, 0.4) is 0 Å². The summed E-state index contributed by atoms with van der Waals surface area (Å²) in [6, 6.07) is 0. The van der Waals surface area contributed by atoms with Crippen molar-refractivity contribution in [2.45, 2.75) is 24.9 Å². The van der Waals surface area contributed by atoms with Crippen LogP contribution in [0.4, 0.5) is 13.2 Å². The molecule has 0 unspecified atom stereocenters. The number of alkyl halides is 3. The summed E-state index contributed by atoms with van der Waals surface area (Å²) in [6.07, 6.45) is 3.77. The van der Waals surface area contributed by atoms with Crippen LogP contribution in [-0.4, -0.2) is 38.5 Å². The van der Waals surface area contributed by atoms with Gasteiger partial charge in [0.15, 0.2) is 0 Å².